The minimum Gasteiger partial charge on any atom is -0.389 e. The fourth-order valence-corrected chi connectivity index (χ4v) is 3.96. The van der Waals surface area contributed by atoms with Gasteiger partial charge in [-0.15, -0.1) is 6.58 Å². The molecule has 1 unspecified atom stereocenters. The van der Waals surface area contributed by atoms with Crippen molar-refractivity contribution in [1.29, 1.82) is 0 Å². The van der Waals surface area contributed by atoms with Crippen molar-refractivity contribution in [1.82, 2.24) is 0 Å². The van der Waals surface area contributed by atoms with Crippen molar-refractivity contribution >= 4 is 0 Å². The monoisotopic (exact) mass is 304 g/mol. The van der Waals surface area contributed by atoms with Crippen molar-refractivity contribution in [3.8, 4) is 0 Å². The Kier molecular flexibility index (Phi) is 4.49. The maximum absolute atomic E-state index is 10.6. The third-order valence-corrected chi connectivity index (χ3v) is 6.20. The topological polar surface area (TPSA) is 40.5 Å². The molecular formula is C20H32O2. The first-order valence-electron chi connectivity index (χ1n) is 8.51. The first-order chi connectivity index (χ1) is 10.0. The highest BCUT2D eigenvalue weighted by atomic mass is 16.3. The number of aliphatic hydroxyl groups excluding tert-OH is 1. The summed E-state index contributed by atoms with van der Waals surface area (Å²) >= 11 is 0. The van der Waals surface area contributed by atoms with Crippen LogP contribution in [0.15, 0.2) is 36.0 Å². The molecular weight excluding hydrogens is 272 g/mol. The molecule has 0 aliphatic heterocycles. The molecule has 0 aromatic heterocycles. The molecule has 0 amide bonds. The summed E-state index contributed by atoms with van der Waals surface area (Å²) in [6.07, 6.45) is 9.38. The minimum atomic E-state index is -0.847. The molecule has 4 atom stereocenters. The summed E-state index contributed by atoms with van der Waals surface area (Å²) in [5, 5.41) is 20.9. The summed E-state index contributed by atoms with van der Waals surface area (Å²) in [6.45, 7) is 14.5. The van der Waals surface area contributed by atoms with Gasteiger partial charge in [-0.3, -0.25) is 0 Å². The lowest BCUT2D eigenvalue weighted by Crippen LogP contribution is -2.43. The molecule has 0 spiro atoms. The van der Waals surface area contributed by atoms with Crippen LogP contribution in [0, 0.1) is 16.7 Å². The number of hydrogen-bond acceptors (Lipinski definition) is 2. The van der Waals surface area contributed by atoms with E-state index in [1.807, 2.05) is 6.92 Å². The van der Waals surface area contributed by atoms with Crippen LogP contribution < -0.4 is 0 Å². The first kappa shape index (κ1) is 17.5. The van der Waals surface area contributed by atoms with E-state index in [4.69, 9.17) is 0 Å². The zero-order chi connectivity index (χ0) is 16.8. The predicted molar refractivity (Wildman–Crippen MR) is 92.5 cm³/mol. The van der Waals surface area contributed by atoms with Crippen molar-refractivity contribution in [2.24, 2.45) is 16.7 Å². The molecule has 2 nitrogen and oxygen atoms in total. The number of allylic oxidation sites excluding steroid dienone is 3. The Morgan fingerprint density at radius 2 is 2.00 bits per heavy atom. The van der Waals surface area contributed by atoms with E-state index in [2.05, 4.69) is 46.4 Å². The van der Waals surface area contributed by atoms with Gasteiger partial charge < -0.3 is 10.2 Å². The molecule has 2 heteroatoms. The molecule has 2 rings (SSSR count). The molecule has 0 aromatic rings. The summed E-state index contributed by atoms with van der Waals surface area (Å²) in [7, 11) is 0. The lowest BCUT2D eigenvalue weighted by molar-refractivity contribution is 0.0409. The van der Waals surface area contributed by atoms with Crippen molar-refractivity contribution in [2.45, 2.75) is 72.0 Å². The Labute approximate surface area is 135 Å². The molecule has 124 valence electrons. The molecule has 22 heavy (non-hydrogen) atoms. The molecule has 2 aliphatic carbocycles. The maximum atomic E-state index is 10.6. The van der Waals surface area contributed by atoms with Crippen LogP contribution in [0.3, 0.4) is 0 Å². The zero-order valence-corrected chi connectivity index (χ0v) is 14.8. The van der Waals surface area contributed by atoms with Gasteiger partial charge in [0.05, 0.1) is 11.7 Å². The molecule has 2 aliphatic rings. The van der Waals surface area contributed by atoms with Crippen molar-refractivity contribution < 1.29 is 10.2 Å². The summed E-state index contributed by atoms with van der Waals surface area (Å²) in [6, 6.07) is 0. The molecule has 0 heterocycles. The van der Waals surface area contributed by atoms with Gasteiger partial charge in [-0.1, -0.05) is 45.9 Å². The number of hydrogen-bond donors (Lipinski definition) is 2. The molecule has 0 radical (unpaired) electrons. The number of fused-ring (bicyclic) bond motifs is 1. The average molecular weight is 304 g/mol. The van der Waals surface area contributed by atoms with E-state index < -0.39 is 11.7 Å². The highest BCUT2D eigenvalue weighted by Gasteiger charge is 2.47. The molecule has 0 saturated heterocycles. The lowest BCUT2D eigenvalue weighted by atomic mass is 9.55. The van der Waals surface area contributed by atoms with Gasteiger partial charge in [0, 0.05) is 0 Å². The minimum absolute atomic E-state index is 0.103. The van der Waals surface area contributed by atoms with Gasteiger partial charge in [-0.2, -0.15) is 0 Å². The fraction of sp³-hybridized carbons (Fsp3) is 0.700. The second-order valence-electron chi connectivity index (χ2n) is 8.38. The van der Waals surface area contributed by atoms with Gasteiger partial charge in [0.25, 0.3) is 0 Å². The van der Waals surface area contributed by atoms with E-state index in [1.165, 1.54) is 11.1 Å². The lowest BCUT2D eigenvalue weighted by Gasteiger charge is -2.50. The Morgan fingerprint density at radius 3 is 2.59 bits per heavy atom. The predicted octanol–water partition coefficient (Wildman–Crippen LogP) is 4.39. The molecule has 2 N–H and O–H groups in total. The largest absolute Gasteiger partial charge is 0.389 e. The molecule has 0 fully saturated rings. The van der Waals surface area contributed by atoms with Crippen LogP contribution in [-0.4, -0.2) is 21.9 Å². The molecule has 0 aromatic carbocycles. The van der Waals surface area contributed by atoms with Crippen molar-refractivity contribution in [3.63, 3.8) is 0 Å². The van der Waals surface area contributed by atoms with E-state index in [1.54, 1.807) is 6.08 Å². The smallest absolute Gasteiger partial charge is 0.0797 e. The van der Waals surface area contributed by atoms with Crippen LogP contribution in [0.25, 0.3) is 0 Å². The third-order valence-electron chi connectivity index (χ3n) is 6.20. The van der Waals surface area contributed by atoms with Crippen molar-refractivity contribution in [3.05, 3.63) is 36.0 Å². The average Bonchev–Trinajstić information content (AvgIpc) is 2.44. The van der Waals surface area contributed by atoms with Crippen LogP contribution in [-0.2, 0) is 0 Å². The van der Waals surface area contributed by atoms with Crippen LogP contribution in [0.2, 0.25) is 0 Å². The summed E-state index contributed by atoms with van der Waals surface area (Å²) in [5.41, 5.74) is 1.87. The molecule has 0 bridgehead atoms. The fourth-order valence-electron chi connectivity index (χ4n) is 3.96. The number of rotatable bonds is 4. The van der Waals surface area contributed by atoms with E-state index in [9.17, 15) is 10.2 Å². The standard InChI is InChI=1S/C20H32O2/c1-7-19(5,22)11-12-20(6)14(2)17(21)13-16-15(20)9-8-10-18(16,3)4/h7,9,13-14,17,21-22H,1,8,10-12H2,2-6H3/t14-,17+,19?,20-/m0/s1. The van der Waals surface area contributed by atoms with Gasteiger partial charge in [0.1, 0.15) is 0 Å². The van der Waals surface area contributed by atoms with Crippen LogP contribution >= 0.6 is 0 Å². The summed E-state index contributed by atoms with van der Waals surface area (Å²) in [4.78, 5) is 0. The van der Waals surface area contributed by atoms with Crippen molar-refractivity contribution in [2.75, 3.05) is 0 Å². The van der Waals surface area contributed by atoms with E-state index in [-0.39, 0.29) is 16.7 Å². The van der Waals surface area contributed by atoms with E-state index >= 15 is 0 Å². The Morgan fingerprint density at radius 1 is 1.36 bits per heavy atom. The van der Waals surface area contributed by atoms with Gasteiger partial charge >= 0.3 is 0 Å². The van der Waals surface area contributed by atoms with E-state index in [0.717, 1.165) is 19.3 Å². The SMILES string of the molecule is C=CC(C)(O)CC[C@]1(C)C2=CCCC(C)(C)C2=C[C@@H](O)[C@@H]1C. The first-order valence-corrected chi connectivity index (χ1v) is 8.51. The zero-order valence-electron chi connectivity index (χ0n) is 14.8. The van der Waals surface area contributed by atoms with Crippen LogP contribution in [0.4, 0.5) is 0 Å². The van der Waals surface area contributed by atoms with Gasteiger partial charge in [0.2, 0.25) is 0 Å². The van der Waals surface area contributed by atoms with Gasteiger partial charge in [-0.05, 0) is 60.5 Å². The van der Waals surface area contributed by atoms with Gasteiger partial charge in [0.15, 0.2) is 0 Å². The van der Waals surface area contributed by atoms with Crippen LogP contribution in [0.1, 0.15) is 60.3 Å². The van der Waals surface area contributed by atoms with Crippen LogP contribution in [0.5, 0.6) is 0 Å². The highest BCUT2D eigenvalue weighted by Crippen LogP contribution is 2.55. The van der Waals surface area contributed by atoms with E-state index in [0.29, 0.717) is 6.42 Å². The maximum Gasteiger partial charge on any atom is 0.0797 e. The summed E-state index contributed by atoms with van der Waals surface area (Å²) < 4.78 is 0. The second-order valence-corrected chi connectivity index (χ2v) is 8.38. The second kappa shape index (κ2) is 5.65. The normalized spacial score (nSPS) is 36.7. The molecule has 0 saturated carbocycles. The Bertz CT molecular complexity index is 510. The quantitative estimate of drug-likeness (QED) is 0.756. The summed E-state index contributed by atoms with van der Waals surface area (Å²) in [5.74, 6) is 0.150. The number of aliphatic hydroxyl groups is 2. The van der Waals surface area contributed by atoms with Gasteiger partial charge in [-0.25, -0.2) is 0 Å². The highest BCUT2D eigenvalue weighted by molar-refractivity contribution is 5.46. The Hall–Kier alpha value is -0.860. The Balaban J connectivity index is 2.39. The third kappa shape index (κ3) is 2.96.